The van der Waals surface area contributed by atoms with E-state index in [9.17, 15) is 0 Å². The third-order valence-corrected chi connectivity index (χ3v) is 0. The molecule has 0 aromatic rings. The Balaban J connectivity index is 0. The van der Waals surface area contributed by atoms with Crippen molar-refractivity contribution >= 4 is 0 Å². The van der Waals surface area contributed by atoms with Crippen molar-refractivity contribution in [3.8, 4) is 0 Å². The first-order valence-electron chi connectivity index (χ1n) is 0.408. The summed E-state index contributed by atoms with van der Waals surface area (Å²) in [7, 11) is 0. The van der Waals surface area contributed by atoms with Crippen molar-refractivity contribution in [1.82, 2.24) is 0 Å². The normalized spacial score (nSPS) is 2.00. The van der Waals surface area contributed by atoms with E-state index in [0.29, 0.717) is 0 Å². The second-order valence-corrected chi connectivity index (χ2v) is 0.344. The molecule has 2 nitrogen and oxygen atoms in total. The van der Waals surface area contributed by atoms with E-state index in [2.05, 4.69) is 0 Å². The van der Waals surface area contributed by atoms with E-state index in [1.807, 2.05) is 0 Å². The van der Waals surface area contributed by atoms with Crippen molar-refractivity contribution in [2.45, 2.75) is 0 Å². The van der Waals surface area contributed by atoms with E-state index in [0.717, 1.165) is 0 Å². The SMILES string of the molecule is F.[O]=[Ti]=[O]. The number of rotatable bonds is 0. The van der Waals surface area contributed by atoms with E-state index in [4.69, 9.17) is 6.65 Å². The van der Waals surface area contributed by atoms with Gasteiger partial charge in [0.1, 0.15) is 0 Å². The Hall–Kier alpha value is 0.244. The van der Waals surface area contributed by atoms with Crippen LogP contribution in [0.1, 0.15) is 0 Å². The van der Waals surface area contributed by atoms with Crippen LogP contribution in [0.3, 0.4) is 0 Å². The van der Waals surface area contributed by atoms with Crippen molar-refractivity contribution in [2.24, 2.45) is 0 Å². The zero-order chi connectivity index (χ0) is 2.71. The molecule has 0 saturated heterocycles. The first kappa shape index (κ1) is 8.87. The number of halogens is 1. The van der Waals surface area contributed by atoms with Crippen LogP contribution >= 0.6 is 0 Å². The second-order valence-electron chi connectivity index (χ2n) is 0.0833. The van der Waals surface area contributed by atoms with Crippen LogP contribution in [0.15, 0.2) is 0 Å². The summed E-state index contributed by atoms with van der Waals surface area (Å²) in [5.74, 6) is 0. The molecule has 0 aliphatic carbocycles. The fourth-order valence-electron chi connectivity index (χ4n) is 0. The van der Waals surface area contributed by atoms with Gasteiger partial charge in [0.05, 0.1) is 0 Å². The Labute approximate surface area is 31.1 Å². The van der Waals surface area contributed by atoms with Gasteiger partial charge in [-0.3, -0.25) is 4.70 Å². The van der Waals surface area contributed by atoms with Crippen molar-refractivity contribution < 1.29 is 30.4 Å². The molecule has 0 heterocycles. The van der Waals surface area contributed by atoms with Crippen LogP contribution in [-0.2, 0) is 25.7 Å². The molecule has 0 saturated carbocycles. The Kier molecular flexibility index (Phi) is 23.4. The summed E-state index contributed by atoms with van der Waals surface area (Å²) in [6.45, 7) is 0. The topological polar surface area (TPSA) is 34.1 Å². The fraction of sp³-hybridized carbons (Fsp3) is 0. The van der Waals surface area contributed by atoms with Gasteiger partial charge in [-0.2, -0.15) is 0 Å². The summed E-state index contributed by atoms with van der Waals surface area (Å²) >= 11 is -2.00. The van der Waals surface area contributed by atoms with Gasteiger partial charge in [-0.1, -0.05) is 0 Å². The molecule has 0 aromatic carbocycles. The molecule has 4 heteroatoms. The summed E-state index contributed by atoms with van der Waals surface area (Å²) < 4.78 is 17.0. The summed E-state index contributed by atoms with van der Waals surface area (Å²) in [5, 5.41) is 0. The molecule has 0 atom stereocenters. The summed E-state index contributed by atoms with van der Waals surface area (Å²) in [6.07, 6.45) is 0. The van der Waals surface area contributed by atoms with Crippen LogP contribution < -0.4 is 0 Å². The van der Waals surface area contributed by atoms with E-state index in [1.54, 1.807) is 0 Å². The zero-order valence-corrected chi connectivity index (χ0v) is 3.29. The molecule has 0 fully saturated rings. The maximum atomic E-state index is 8.50. The monoisotopic (exact) mass is 99.9 g/mol. The van der Waals surface area contributed by atoms with Crippen molar-refractivity contribution in [1.29, 1.82) is 0 Å². The Morgan fingerprint density at radius 2 is 1.25 bits per heavy atom. The van der Waals surface area contributed by atoms with Gasteiger partial charge in [0.15, 0.2) is 0 Å². The van der Waals surface area contributed by atoms with Gasteiger partial charge < -0.3 is 0 Å². The van der Waals surface area contributed by atoms with Crippen LogP contribution in [-0.4, -0.2) is 0 Å². The Morgan fingerprint density at radius 3 is 1.25 bits per heavy atom. The molecule has 4 heavy (non-hydrogen) atoms. The average molecular weight is 99.9 g/mol. The molecule has 0 N–H and O–H groups in total. The minimum absolute atomic E-state index is 0. The molecule has 0 aliphatic rings. The van der Waals surface area contributed by atoms with Gasteiger partial charge in [0.25, 0.3) is 0 Å². The summed E-state index contributed by atoms with van der Waals surface area (Å²) in [6, 6.07) is 0. The van der Waals surface area contributed by atoms with Crippen LogP contribution in [0.5, 0.6) is 0 Å². The summed E-state index contributed by atoms with van der Waals surface area (Å²) in [5.41, 5.74) is 0. The van der Waals surface area contributed by atoms with Crippen LogP contribution in [0.2, 0.25) is 0 Å². The molecule has 0 spiro atoms. The van der Waals surface area contributed by atoms with Crippen molar-refractivity contribution in [3.63, 3.8) is 0 Å². The van der Waals surface area contributed by atoms with Gasteiger partial charge in [-0.05, 0) is 0 Å². The molecule has 0 aromatic heterocycles. The predicted molar refractivity (Wildman–Crippen MR) is 3.88 cm³/mol. The molecule has 0 rings (SSSR count). The maximum absolute atomic E-state index is 8.50. The van der Waals surface area contributed by atoms with E-state index in [1.165, 1.54) is 0 Å². The molecular weight excluding hydrogens is 98.9 g/mol. The fourth-order valence-corrected chi connectivity index (χ4v) is 0. The second kappa shape index (κ2) is 10.6. The average Bonchev–Trinajstić information content (AvgIpc) is 0.918. The zero-order valence-electron chi connectivity index (χ0n) is 1.72. The number of hydrogen-bond acceptors (Lipinski definition) is 2. The summed E-state index contributed by atoms with van der Waals surface area (Å²) in [4.78, 5) is 0. The van der Waals surface area contributed by atoms with E-state index >= 15 is 0 Å². The standard InChI is InChI=1S/FH.2O.Ti/h1H;;;. The predicted octanol–water partition coefficient (Wildman–Crippen LogP) is -0.0876. The molecule has 0 unspecified atom stereocenters. The Bertz CT molecular complexity index is 27.0. The molecule has 0 radical (unpaired) electrons. The van der Waals surface area contributed by atoms with Crippen LogP contribution in [0, 0.1) is 0 Å². The van der Waals surface area contributed by atoms with Gasteiger partial charge in [-0.15, -0.1) is 0 Å². The van der Waals surface area contributed by atoms with Crippen LogP contribution in [0.4, 0.5) is 4.70 Å². The third kappa shape index (κ3) is 58.2. The van der Waals surface area contributed by atoms with E-state index in [-0.39, 0.29) is 4.70 Å². The minimum atomic E-state index is -2.00. The third-order valence-electron chi connectivity index (χ3n) is 0. The van der Waals surface area contributed by atoms with Crippen molar-refractivity contribution in [2.75, 3.05) is 0 Å². The van der Waals surface area contributed by atoms with E-state index < -0.39 is 19.1 Å². The van der Waals surface area contributed by atoms with Gasteiger partial charge in [0, 0.05) is 0 Å². The quantitative estimate of drug-likeness (QED) is 0.398. The number of hydrogen-bond donors (Lipinski definition) is 0. The van der Waals surface area contributed by atoms with Gasteiger partial charge >= 0.3 is 25.7 Å². The molecule has 0 bridgehead atoms. The van der Waals surface area contributed by atoms with Gasteiger partial charge in [-0.25, -0.2) is 0 Å². The van der Waals surface area contributed by atoms with Crippen LogP contribution in [0.25, 0.3) is 0 Å². The first-order chi connectivity index (χ1) is 1.41. The molecule has 0 aliphatic heterocycles. The molecular formula is HFO2Ti. The van der Waals surface area contributed by atoms with Crippen molar-refractivity contribution in [3.05, 3.63) is 0 Å². The molecule has 24 valence electrons. The Morgan fingerprint density at radius 1 is 1.25 bits per heavy atom. The van der Waals surface area contributed by atoms with Gasteiger partial charge in [0.2, 0.25) is 0 Å². The molecule has 0 amide bonds. The first-order valence-corrected chi connectivity index (χ1v) is 1.68.